The number of carbonyl (C=O) groups excluding carboxylic acids is 1. The summed E-state index contributed by atoms with van der Waals surface area (Å²) in [4.78, 5) is 21.8. The molecule has 2 N–H and O–H groups in total. The molecule has 1 saturated heterocycles. The smallest absolute Gasteiger partial charge is 0.319 e. The third-order valence-corrected chi connectivity index (χ3v) is 3.22. The maximum Gasteiger partial charge on any atom is 0.319 e. The number of nitro benzene ring substituents is 1. The van der Waals surface area contributed by atoms with Gasteiger partial charge in [0.15, 0.2) is 0 Å². The Morgan fingerprint density at radius 1 is 1.45 bits per heavy atom. The van der Waals surface area contributed by atoms with Crippen molar-refractivity contribution in [1.29, 1.82) is 0 Å². The molecular formula is C13H17N3O4. The lowest BCUT2D eigenvalue weighted by Gasteiger charge is -2.20. The van der Waals surface area contributed by atoms with E-state index in [2.05, 4.69) is 10.6 Å². The Balaban J connectivity index is 1.85. The highest BCUT2D eigenvalue weighted by Gasteiger charge is 2.23. The number of amides is 2. The van der Waals surface area contributed by atoms with Crippen molar-refractivity contribution in [3.05, 3.63) is 34.4 Å². The molecule has 7 nitrogen and oxygen atoms in total. The first-order valence-electron chi connectivity index (χ1n) is 6.50. The molecule has 2 atom stereocenters. The first kappa shape index (κ1) is 14.3. The van der Waals surface area contributed by atoms with E-state index in [0.717, 1.165) is 19.4 Å². The molecule has 0 radical (unpaired) electrons. The molecule has 0 bridgehead atoms. The second-order valence-corrected chi connectivity index (χ2v) is 4.74. The summed E-state index contributed by atoms with van der Waals surface area (Å²) in [6.45, 7) is 2.63. The minimum absolute atomic E-state index is 0.0105. The maximum atomic E-state index is 11.8. The second kappa shape index (κ2) is 6.33. The van der Waals surface area contributed by atoms with Crippen LogP contribution in [0.5, 0.6) is 0 Å². The SMILES string of the molecule is C[C@H](NC(=O)Nc1ccc([N+](=O)[O-])cc1)[C@@H]1CCCO1. The standard InChI is InChI=1S/C13H17N3O4/c1-9(12-3-2-8-20-12)14-13(17)15-10-4-6-11(7-5-10)16(18)19/h4-7,9,12H,2-3,8H2,1H3,(H2,14,15,17)/t9-,12-/m0/s1. The van der Waals surface area contributed by atoms with E-state index in [1.54, 1.807) is 0 Å². The summed E-state index contributed by atoms with van der Waals surface area (Å²) in [6.07, 6.45) is 2.01. The minimum atomic E-state index is -0.483. The number of hydrogen-bond acceptors (Lipinski definition) is 4. The number of urea groups is 1. The minimum Gasteiger partial charge on any atom is -0.376 e. The van der Waals surface area contributed by atoms with Gasteiger partial charge in [-0.15, -0.1) is 0 Å². The van der Waals surface area contributed by atoms with Crippen LogP contribution >= 0.6 is 0 Å². The van der Waals surface area contributed by atoms with Gasteiger partial charge in [0.25, 0.3) is 5.69 Å². The number of nitrogens with one attached hydrogen (secondary N) is 2. The van der Waals surface area contributed by atoms with Gasteiger partial charge in [-0.2, -0.15) is 0 Å². The molecule has 0 spiro atoms. The number of ether oxygens (including phenoxy) is 1. The fourth-order valence-electron chi connectivity index (χ4n) is 2.13. The molecule has 0 saturated carbocycles. The highest BCUT2D eigenvalue weighted by atomic mass is 16.6. The van der Waals surface area contributed by atoms with Crippen molar-refractivity contribution in [2.75, 3.05) is 11.9 Å². The van der Waals surface area contributed by atoms with Crippen LogP contribution in [0.3, 0.4) is 0 Å². The zero-order chi connectivity index (χ0) is 14.5. The van der Waals surface area contributed by atoms with Crippen molar-refractivity contribution in [1.82, 2.24) is 5.32 Å². The zero-order valence-corrected chi connectivity index (χ0v) is 11.2. The maximum absolute atomic E-state index is 11.8. The Kier molecular flexibility index (Phi) is 4.52. The highest BCUT2D eigenvalue weighted by Crippen LogP contribution is 2.17. The van der Waals surface area contributed by atoms with Gasteiger partial charge >= 0.3 is 6.03 Å². The zero-order valence-electron chi connectivity index (χ0n) is 11.2. The van der Waals surface area contributed by atoms with Gasteiger partial charge in [0.1, 0.15) is 0 Å². The van der Waals surface area contributed by atoms with E-state index in [0.29, 0.717) is 5.69 Å². The number of benzene rings is 1. The predicted molar refractivity (Wildman–Crippen MR) is 73.7 cm³/mol. The normalized spacial score (nSPS) is 19.4. The molecule has 1 heterocycles. The summed E-state index contributed by atoms with van der Waals surface area (Å²) in [7, 11) is 0. The van der Waals surface area contributed by atoms with Gasteiger partial charge in [-0.25, -0.2) is 4.79 Å². The van der Waals surface area contributed by atoms with Crippen molar-refractivity contribution in [3.8, 4) is 0 Å². The van der Waals surface area contributed by atoms with Crippen LogP contribution in [0.1, 0.15) is 19.8 Å². The highest BCUT2D eigenvalue weighted by molar-refractivity contribution is 5.89. The number of nitrogens with zero attached hydrogens (tertiary/aromatic N) is 1. The Morgan fingerprint density at radius 2 is 2.15 bits per heavy atom. The Labute approximate surface area is 116 Å². The van der Waals surface area contributed by atoms with Crippen molar-refractivity contribution in [2.24, 2.45) is 0 Å². The topological polar surface area (TPSA) is 93.5 Å². The lowest BCUT2D eigenvalue weighted by molar-refractivity contribution is -0.384. The number of hydrogen-bond donors (Lipinski definition) is 2. The van der Waals surface area contributed by atoms with Gasteiger partial charge in [-0.05, 0) is 31.9 Å². The third kappa shape index (κ3) is 3.67. The number of carbonyl (C=O) groups is 1. The predicted octanol–water partition coefficient (Wildman–Crippen LogP) is 2.28. The first-order chi connectivity index (χ1) is 9.56. The molecule has 0 aromatic heterocycles. The molecule has 1 aliphatic rings. The second-order valence-electron chi connectivity index (χ2n) is 4.74. The Bertz CT molecular complexity index is 483. The molecule has 108 valence electrons. The van der Waals surface area contributed by atoms with Gasteiger partial charge in [0.2, 0.25) is 0 Å². The molecule has 1 aromatic rings. The van der Waals surface area contributed by atoms with Crippen LogP contribution in [0.4, 0.5) is 16.2 Å². The molecule has 0 unspecified atom stereocenters. The molecule has 1 aromatic carbocycles. The monoisotopic (exact) mass is 279 g/mol. The van der Waals surface area contributed by atoms with E-state index in [-0.39, 0.29) is 23.9 Å². The van der Waals surface area contributed by atoms with E-state index < -0.39 is 4.92 Å². The largest absolute Gasteiger partial charge is 0.376 e. The van der Waals surface area contributed by atoms with Gasteiger partial charge in [0, 0.05) is 24.4 Å². The number of nitro groups is 1. The average Bonchev–Trinajstić information content (AvgIpc) is 2.93. The summed E-state index contributed by atoms with van der Waals surface area (Å²) in [5.74, 6) is 0. The van der Waals surface area contributed by atoms with E-state index in [9.17, 15) is 14.9 Å². The van der Waals surface area contributed by atoms with Crippen LogP contribution in [0.15, 0.2) is 24.3 Å². The van der Waals surface area contributed by atoms with Crippen LogP contribution in [0.25, 0.3) is 0 Å². The van der Waals surface area contributed by atoms with Crippen molar-refractivity contribution >= 4 is 17.4 Å². The fourth-order valence-corrected chi connectivity index (χ4v) is 2.13. The Hall–Kier alpha value is -2.15. The summed E-state index contributed by atoms with van der Waals surface area (Å²) in [5.41, 5.74) is 0.497. The van der Waals surface area contributed by atoms with Crippen LogP contribution in [-0.2, 0) is 4.74 Å². The molecule has 20 heavy (non-hydrogen) atoms. The van der Waals surface area contributed by atoms with Crippen molar-refractivity contribution in [2.45, 2.75) is 31.9 Å². The fraction of sp³-hybridized carbons (Fsp3) is 0.462. The Morgan fingerprint density at radius 3 is 2.70 bits per heavy atom. The summed E-state index contributed by atoms with van der Waals surface area (Å²) in [5, 5.41) is 16.0. The summed E-state index contributed by atoms with van der Waals surface area (Å²) in [6, 6.07) is 5.26. The van der Waals surface area contributed by atoms with Crippen LogP contribution < -0.4 is 10.6 Å². The lowest BCUT2D eigenvalue weighted by Crippen LogP contribution is -2.42. The van der Waals surface area contributed by atoms with Gasteiger partial charge in [-0.3, -0.25) is 10.1 Å². The summed E-state index contributed by atoms with van der Waals surface area (Å²) < 4.78 is 5.49. The van der Waals surface area contributed by atoms with E-state index in [1.807, 2.05) is 6.92 Å². The van der Waals surface area contributed by atoms with E-state index in [1.165, 1.54) is 24.3 Å². The molecule has 2 rings (SSSR count). The molecule has 2 amide bonds. The van der Waals surface area contributed by atoms with Crippen LogP contribution in [-0.4, -0.2) is 29.7 Å². The third-order valence-electron chi connectivity index (χ3n) is 3.22. The molecule has 0 aliphatic carbocycles. The molecule has 7 heteroatoms. The van der Waals surface area contributed by atoms with E-state index in [4.69, 9.17) is 4.74 Å². The van der Waals surface area contributed by atoms with E-state index >= 15 is 0 Å². The lowest BCUT2D eigenvalue weighted by atomic mass is 10.1. The summed E-state index contributed by atoms with van der Waals surface area (Å²) >= 11 is 0. The van der Waals surface area contributed by atoms with Crippen LogP contribution in [0, 0.1) is 10.1 Å². The first-order valence-corrected chi connectivity index (χ1v) is 6.50. The molecule has 1 fully saturated rings. The molecule has 1 aliphatic heterocycles. The molecular weight excluding hydrogens is 262 g/mol. The quantitative estimate of drug-likeness (QED) is 0.653. The van der Waals surface area contributed by atoms with Gasteiger partial charge in [-0.1, -0.05) is 0 Å². The van der Waals surface area contributed by atoms with Crippen molar-refractivity contribution in [3.63, 3.8) is 0 Å². The number of rotatable bonds is 4. The average molecular weight is 279 g/mol. The number of anilines is 1. The van der Waals surface area contributed by atoms with Crippen LogP contribution in [0.2, 0.25) is 0 Å². The number of non-ortho nitro benzene ring substituents is 1. The van der Waals surface area contributed by atoms with Gasteiger partial charge < -0.3 is 15.4 Å². The van der Waals surface area contributed by atoms with Gasteiger partial charge in [0.05, 0.1) is 17.1 Å². The van der Waals surface area contributed by atoms with Crippen molar-refractivity contribution < 1.29 is 14.5 Å².